The molecular formula is C33H37ClN2O4. The van der Waals surface area contributed by atoms with Crippen molar-refractivity contribution in [2.45, 2.75) is 72.6 Å². The van der Waals surface area contributed by atoms with Gasteiger partial charge < -0.3 is 19.7 Å². The molecule has 0 aliphatic rings. The molecule has 2 N–H and O–H groups in total. The first-order chi connectivity index (χ1) is 18.8. The number of fused-ring (bicyclic) bond motifs is 1. The number of rotatable bonds is 8. The van der Waals surface area contributed by atoms with E-state index in [1.807, 2.05) is 45.0 Å². The lowest BCUT2D eigenvalue weighted by Crippen LogP contribution is -2.26. The maximum absolute atomic E-state index is 13.2. The minimum absolute atomic E-state index is 0.0770. The maximum atomic E-state index is 13.2. The number of ether oxygens (including phenoxy) is 1. The van der Waals surface area contributed by atoms with Crippen molar-refractivity contribution in [2.75, 3.05) is 0 Å². The molecule has 40 heavy (non-hydrogen) atoms. The van der Waals surface area contributed by atoms with Crippen LogP contribution in [0.15, 0.2) is 60.7 Å². The summed E-state index contributed by atoms with van der Waals surface area (Å²) in [5.41, 5.74) is 6.92. The average molecular weight is 561 g/mol. The molecule has 3 aromatic carbocycles. The first-order valence-corrected chi connectivity index (χ1v) is 13.8. The molecule has 0 unspecified atom stereocenters. The van der Waals surface area contributed by atoms with E-state index in [0.717, 1.165) is 33.3 Å². The summed E-state index contributed by atoms with van der Waals surface area (Å²) in [6.07, 6.45) is -1.01. The van der Waals surface area contributed by atoms with Gasteiger partial charge in [-0.15, -0.1) is 0 Å². The molecule has 210 valence electrons. The van der Waals surface area contributed by atoms with E-state index >= 15 is 0 Å². The second kappa shape index (κ2) is 11.4. The molecule has 0 saturated heterocycles. The zero-order chi connectivity index (χ0) is 29.4. The quantitative estimate of drug-likeness (QED) is 0.232. The fourth-order valence-electron chi connectivity index (χ4n) is 4.81. The van der Waals surface area contributed by atoms with Crippen LogP contribution in [0.1, 0.15) is 79.0 Å². The van der Waals surface area contributed by atoms with E-state index in [0.29, 0.717) is 22.9 Å². The van der Waals surface area contributed by atoms with Crippen LogP contribution < -0.4 is 10.1 Å². The largest absolute Gasteiger partial charge is 0.479 e. The number of nitrogens with zero attached hydrogens (tertiary/aromatic N) is 1. The lowest BCUT2D eigenvalue weighted by molar-refractivity contribution is -0.144. The molecule has 0 aliphatic heterocycles. The molecule has 7 heteroatoms. The molecule has 4 rings (SSSR count). The normalized spacial score (nSPS) is 13.2. The van der Waals surface area contributed by atoms with Crippen molar-refractivity contribution in [2.24, 2.45) is 0 Å². The molecule has 0 spiro atoms. The van der Waals surface area contributed by atoms with Gasteiger partial charge in [0, 0.05) is 28.7 Å². The van der Waals surface area contributed by atoms with Crippen molar-refractivity contribution in [1.82, 2.24) is 9.88 Å². The predicted octanol–water partition coefficient (Wildman–Crippen LogP) is 7.60. The SMILES string of the molecule is Cc1c(C)n(Cc2cccc(O[C@@H](C)C(=O)O)c2Cl)c2ccc(C(=O)N[C@@H](C)c3ccc(C(C)(C)C)cc3)cc12. The number of carbonyl (C=O) groups excluding carboxylic acids is 1. The molecule has 4 aromatic rings. The lowest BCUT2D eigenvalue weighted by Gasteiger charge is -2.21. The molecule has 1 amide bonds. The van der Waals surface area contributed by atoms with Gasteiger partial charge in [-0.25, -0.2) is 4.79 Å². The maximum Gasteiger partial charge on any atom is 0.344 e. The predicted molar refractivity (Wildman–Crippen MR) is 161 cm³/mol. The van der Waals surface area contributed by atoms with E-state index in [9.17, 15) is 14.7 Å². The number of carboxylic acids is 1. The zero-order valence-corrected chi connectivity index (χ0v) is 24.9. The van der Waals surface area contributed by atoms with Crippen LogP contribution in [0.5, 0.6) is 5.75 Å². The van der Waals surface area contributed by atoms with Crippen molar-refractivity contribution < 1.29 is 19.4 Å². The first kappa shape index (κ1) is 29.2. The molecule has 0 aliphatic carbocycles. The number of nitrogens with one attached hydrogen (secondary N) is 1. The van der Waals surface area contributed by atoms with Crippen LogP contribution in [0.25, 0.3) is 10.9 Å². The second-order valence-electron chi connectivity index (χ2n) is 11.4. The summed E-state index contributed by atoms with van der Waals surface area (Å²) < 4.78 is 7.70. The highest BCUT2D eigenvalue weighted by Crippen LogP contribution is 2.33. The standard InChI is InChI=1S/C33H37ClN2O4/c1-19-21(3)36(18-25-9-8-10-29(30(25)34)40-22(4)32(38)39)28-16-13-24(17-27(19)28)31(37)35-20(2)23-11-14-26(15-12-23)33(5,6)7/h8-17,20,22H,18H2,1-7H3,(H,35,37)(H,38,39)/t20-,22-/m0/s1. The number of aliphatic carboxylic acids is 1. The Kier molecular flexibility index (Phi) is 8.31. The van der Waals surface area contributed by atoms with Gasteiger partial charge in [0.2, 0.25) is 0 Å². The summed E-state index contributed by atoms with van der Waals surface area (Å²) in [4.78, 5) is 24.5. The molecule has 0 bridgehead atoms. The summed E-state index contributed by atoms with van der Waals surface area (Å²) >= 11 is 6.63. The van der Waals surface area contributed by atoms with Crippen LogP contribution in [0.3, 0.4) is 0 Å². The first-order valence-electron chi connectivity index (χ1n) is 13.5. The smallest absolute Gasteiger partial charge is 0.344 e. The Morgan fingerprint density at radius 3 is 2.33 bits per heavy atom. The third-order valence-electron chi connectivity index (χ3n) is 7.55. The van der Waals surface area contributed by atoms with Crippen LogP contribution in [0.4, 0.5) is 0 Å². The molecule has 0 fully saturated rings. The van der Waals surface area contributed by atoms with Crippen molar-refractivity contribution in [3.8, 4) is 5.75 Å². The van der Waals surface area contributed by atoms with E-state index < -0.39 is 12.1 Å². The van der Waals surface area contributed by atoms with Crippen molar-refractivity contribution in [3.05, 3.63) is 99.2 Å². The number of halogens is 1. The number of carboxylic acid groups (broad SMARTS) is 1. The number of benzene rings is 3. The Balaban J connectivity index is 1.57. The Morgan fingerprint density at radius 1 is 1.02 bits per heavy atom. The highest BCUT2D eigenvalue weighted by atomic mass is 35.5. The van der Waals surface area contributed by atoms with Crippen LogP contribution in [0.2, 0.25) is 5.02 Å². The van der Waals surface area contributed by atoms with Crippen molar-refractivity contribution >= 4 is 34.4 Å². The van der Waals surface area contributed by atoms with Crippen LogP contribution >= 0.6 is 11.6 Å². The third-order valence-corrected chi connectivity index (χ3v) is 7.98. The van der Waals surface area contributed by atoms with Crippen molar-refractivity contribution in [1.29, 1.82) is 0 Å². The summed E-state index contributed by atoms with van der Waals surface area (Å²) in [7, 11) is 0. The van der Waals surface area contributed by atoms with Gasteiger partial charge in [0.1, 0.15) is 5.75 Å². The second-order valence-corrected chi connectivity index (χ2v) is 11.8. The molecule has 2 atom stereocenters. The highest BCUT2D eigenvalue weighted by molar-refractivity contribution is 6.32. The summed E-state index contributed by atoms with van der Waals surface area (Å²) in [6.45, 7) is 14.6. The van der Waals surface area contributed by atoms with Gasteiger partial charge >= 0.3 is 5.97 Å². The van der Waals surface area contributed by atoms with Crippen molar-refractivity contribution in [3.63, 3.8) is 0 Å². The topological polar surface area (TPSA) is 80.6 Å². The highest BCUT2D eigenvalue weighted by Gasteiger charge is 2.20. The van der Waals surface area contributed by atoms with Crippen LogP contribution in [-0.2, 0) is 16.8 Å². The van der Waals surface area contributed by atoms with E-state index in [-0.39, 0.29) is 17.4 Å². The van der Waals surface area contributed by atoms with E-state index in [4.69, 9.17) is 16.3 Å². The number of hydrogen-bond acceptors (Lipinski definition) is 3. The summed E-state index contributed by atoms with van der Waals surface area (Å²) in [5, 5.41) is 13.7. The molecule has 6 nitrogen and oxygen atoms in total. The molecule has 0 radical (unpaired) electrons. The fraction of sp³-hybridized carbons (Fsp3) is 0.333. The number of hydrogen-bond donors (Lipinski definition) is 2. The Hall–Kier alpha value is -3.77. The number of carbonyl (C=O) groups is 2. The fourth-order valence-corrected chi connectivity index (χ4v) is 5.04. The van der Waals surface area contributed by atoms with E-state index in [2.05, 4.69) is 54.9 Å². The third kappa shape index (κ3) is 6.02. The van der Waals surface area contributed by atoms with E-state index in [1.165, 1.54) is 12.5 Å². The molecule has 0 saturated carbocycles. The Morgan fingerprint density at radius 2 is 1.70 bits per heavy atom. The van der Waals surface area contributed by atoms with Gasteiger partial charge in [-0.05, 0) is 79.6 Å². The average Bonchev–Trinajstić information content (AvgIpc) is 3.14. The minimum Gasteiger partial charge on any atom is -0.479 e. The number of aromatic nitrogens is 1. The lowest BCUT2D eigenvalue weighted by atomic mass is 9.86. The van der Waals surface area contributed by atoms with Gasteiger partial charge in [-0.1, -0.05) is 68.8 Å². The summed E-state index contributed by atoms with van der Waals surface area (Å²) in [6, 6.07) is 19.4. The van der Waals surface area contributed by atoms with Gasteiger partial charge in [-0.3, -0.25) is 4.79 Å². The Labute approximate surface area is 240 Å². The van der Waals surface area contributed by atoms with Gasteiger partial charge in [0.05, 0.1) is 11.1 Å². The van der Waals surface area contributed by atoms with Gasteiger partial charge in [0.25, 0.3) is 5.91 Å². The molecular weight excluding hydrogens is 524 g/mol. The van der Waals surface area contributed by atoms with Gasteiger partial charge in [0.15, 0.2) is 6.10 Å². The zero-order valence-electron chi connectivity index (χ0n) is 24.1. The number of aryl methyl sites for hydroxylation is 1. The molecule has 1 aromatic heterocycles. The van der Waals surface area contributed by atoms with Crippen LogP contribution in [-0.4, -0.2) is 27.7 Å². The van der Waals surface area contributed by atoms with Crippen LogP contribution in [0, 0.1) is 13.8 Å². The minimum atomic E-state index is -1.06. The summed E-state index contributed by atoms with van der Waals surface area (Å²) in [5.74, 6) is -0.849. The van der Waals surface area contributed by atoms with Gasteiger partial charge in [-0.2, -0.15) is 0 Å². The Bertz CT molecular complexity index is 1560. The number of amides is 1. The van der Waals surface area contributed by atoms with E-state index in [1.54, 1.807) is 12.1 Å². The monoisotopic (exact) mass is 560 g/mol. The molecule has 1 heterocycles.